The van der Waals surface area contributed by atoms with Crippen LogP contribution in [0.25, 0.3) is 11.7 Å². The molecule has 152 valence electrons. The fourth-order valence-electron chi connectivity index (χ4n) is 3.53. The van der Waals surface area contributed by atoms with E-state index in [9.17, 15) is 10.2 Å². The number of H-pyrrole nitrogens is 1. The molecule has 0 radical (unpaired) electrons. The van der Waals surface area contributed by atoms with Gasteiger partial charge in [-0.15, -0.1) is 0 Å². The molecule has 2 aliphatic rings. The van der Waals surface area contributed by atoms with Crippen LogP contribution < -0.4 is 15.7 Å². The lowest BCUT2D eigenvalue weighted by atomic mass is 10.2. The zero-order valence-corrected chi connectivity index (χ0v) is 16.3. The van der Waals surface area contributed by atoms with Gasteiger partial charge in [0.25, 0.3) is 5.62 Å². The smallest absolute Gasteiger partial charge is 0.251 e. The summed E-state index contributed by atoms with van der Waals surface area (Å²) in [5.41, 5.74) is 1.66. The van der Waals surface area contributed by atoms with Gasteiger partial charge in [-0.3, -0.25) is 4.98 Å². The summed E-state index contributed by atoms with van der Waals surface area (Å²) in [7, 11) is 2.13. The number of nitrogens with zero attached hydrogens (tertiary/aromatic N) is 7. The average molecular weight is 396 g/mol. The van der Waals surface area contributed by atoms with Gasteiger partial charge in [0.1, 0.15) is 0 Å². The van der Waals surface area contributed by atoms with Gasteiger partial charge < -0.3 is 20.0 Å². The van der Waals surface area contributed by atoms with Crippen LogP contribution >= 0.6 is 0 Å². The van der Waals surface area contributed by atoms with E-state index >= 15 is 0 Å². The first-order valence-electron chi connectivity index (χ1n) is 9.92. The maximum absolute atomic E-state index is 9.96. The van der Waals surface area contributed by atoms with E-state index in [0.717, 1.165) is 50.7 Å². The van der Waals surface area contributed by atoms with Crippen LogP contribution in [0.5, 0.6) is 11.8 Å². The molecule has 0 unspecified atom stereocenters. The number of anilines is 1. The third-order valence-electron chi connectivity index (χ3n) is 5.34. The molecule has 1 aliphatic heterocycles. The van der Waals surface area contributed by atoms with Crippen LogP contribution in [0.1, 0.15) is 24.8 Å². The summed E-state index contributed by atoms with van der Waals surface area (Å²) in [6.45, 7) is 3.76. The Bertz CT molecular complexity index is 1160. The second-order valence-corrected chi connectivity index (χ2v) is 7.77. The van der Waals surface area contributed by atoms with Crippen LogP contribution in [-0.4, -0.2) is 78.9 Å². The van der Waals surface area contributed by atoms with Crippen LogP contribution in [0, 0.1) is 0 Å². The average Bonchev–Trinajstić information content (AvgIpc) is 3.38. The molecule has 3 aromatic heterocycles. The van der Waals surface area contributed by atoms with Gasteiger partial charge in [-0.1, -0.05) is 0 Å². The maximum Gasteiger partial charge on any atom is 0.251 e. The topological polar surface area (TPSA) is 118 Å². The first-order valence-corrected chi connectivity index (χ1v) is 9.92. The Morgan fingerprint density at radius 3 is 2.79 bits per heavy atom. The highest BCUT2D eigenvalue weighted by Crippen LogP contribution is 2.23. The number of aromatic nitrogens is 5. The molecule has 4 heterocycles. The van der Waals surface area contributed by atoms with Gasteiger partial charge in [-0.2, -0.15) is 19.6 Å². The Morgan fingerprint density at radius 1 is 1.17 bits per heavy atom. The fourth-order valence-corrected chi connectivity index (χ4v) is 3.53. The molecule has 0 amide bonds. The molecule has 0 spiro atoms. The Morgan fingerprint density at radius 2 is 2.03 bits per heavy atom. The molecule has 0 bridgehead atoms. The van der Waals surface area contributed by atoms with E-state index in [2.05, 4.69) is 26.9 Å². The standard InChI is InChI=1S/C19H24N8O2/c1-25-5-2-6-26(8-7-25)18-23-16-13(9-12-10-15(28)22-17(12)29)11-20-27(16)19(24-18)21-14-3-4-14/h9-11,14,22,28-29H,2-8H2,1H3. The minimum atomic E-state index is -0.102. The monoisotopic (exact) mass is 396 g/mol. The second kappa shape index (κ2) is 7.03. The zero-order chi connectivity index (χ0) is 20.0. The molecule has 29 heavy (non-hydrogen) atoms. The van der Waals surface area contributed by atoms with E-state index < -0.39 is 0 Å². The van der Waals surface area contributed by atoms with Crippen molar-refractivity contribution in [2.24, 2.45) is 4.99 Å². The molecule has 3 aromatic rings. The summed E-state index contributed by atoms with van der Waals surface area (Å²) in [5, 5.41) is 24.7. The summed E-state index contributed by atoms with van der Waals surface area (Å²) in [6, 6.07) is 1.76. The number of hydrogen-bond donors (Lipinski definition) is 3. The maximum atomic E-state index is 9.96. The Labute approximate surface area is 166 Å². The summed E-state index contributed by atoms with van der Waals surface area (Å²) < 4.78 is 1.65. The second-order valence-electron chi connectivity index (χ2n) is 7.77. The van der Waals surface area contributed by atoms with Crippen LogP contribution in [0.15, 0.2) is 17.3 Å². The summed E-state index contributed by atoms with van der Waals surface area (Å²) >= 11 is 0. The minimum Gasteiger partial charge on any atom is -0.494 e. The Kier molecular flexibility index (Phi) is 4.35. The van der Waals surface area contributed by atoms with Crippen LogP contribution in [0.2, 0.25) is 0 Å². The van der Waals surface area contributed by atoms with Gasteiger partial charge in [0.05, 0.1) is 12.2 Å². The van der Waals surface area contributed by atoms with Crippen molar-refractivity contribution in [3.63, 3.8) is 0 Å². The van der Waals surface area contributed by atoms with Crippen molar-refractivity contribution in [2.45, 2.75) is 25.3 Å². The van der Waals surface area contributed by atoms with Gasteiger partial charge in [0.15, 0.2) is 17.4 Å². The predicted molar refractivity (Wildman–Crippen MR) is 107 cm³/mol. The van der Waals surface area contributed by atoms with Gasteiger partial charge in [0.2, 0.25) is 5.95 Å². The molecule has 0 atom stereocenters. The molecule has 3 N–H and O–H groups in total. The van der Waals surface area contributed by atoms with Crippen molar-refractivity contribution in [3.05, 3.63) is 28.7 Å². The number of aromatic amines is 1. The molecule has 10 heteroatoms. The van der Waals surface area contributed by atoms with E-state index in [0.29, 0.717) is 28.8 Å². The van der Waals surface area contributed by atoms with E-state index in [-0.39, 0.29) is 11.8 Å². The number of rotatable bonds is 3. The molecular weight excluding hydrogens is 372 g/mol. The van der Waals surface area contributed by atoms with Crippen LogP contribution in [-0.2, 0) is 0 Å². The van der Waals surface area contributed by atoms with Crippen molar-refractivity contribution in [3.8, 4) is 11.8 Å². The lowest BCUT2D eigenvalue weighted by molar-refractivity contribution is 0.360. The molecule has 5 rings (SSSR count). The highest BCUT2D eigenvalue weighted by molar-refractivity contribution is 5.61. The first-order chi connectivity index (χ1) is 14.1. The summed E-state index contributed by atoms with van der Waals surface area (Å²) in [5.74, 6) is 0.455. The van der Waals surface area contributed by atoms with Gasteiger partial charge >= 0.3 is 0 Å². The van der Waals surface area contributed by atoms with Crippen molar-refractivity contribution < 1.29 is 10.2 Å². The lowest BCUT2D eigenvalue weighted by Gasteiger charge is -2.20. The number of fused-ring (bicyclic) bond motifs is 1. The molecule has 2 fully saturated rings. The highest BCUT2D eigenvalue weighted by Gasteiger charge is 2.22. The quantitative estimate of drug-likeness (QED) is 0.552. The largest absolute Gasteiger partial charge is 0.494 e. The fraction of sp³-hybridized carbons (Fsp3) is 0.474. The van der Waals surface area contributed by atoms with E-state index in [4.69, 9.17) is 15.0 Å². The lowest BCUT2D eigenvalue weighted by Crippen LogP contribution is -2.34. The summed E-state index contributed by atoms with van der Waals surface area (Å²) in [6.07, 6.45) is 6.62. The van der Waals surface area contributed by atoms with Crippen molar-refractivity contribution in [2.75, 3.05) is 38.1 Å². The van der Waals surface area contributed by atoms with Crippen LogP contribution in [0.3, 0.4) is 0 Å². The molecule has 0 aromatic carbocycles. The minimum absolute atomic E-state index is 0.0985. The highest BCUT2D eigenvalue weighted by atomic mass is 16.3. The normalized spacial score (nSPS) is 20.0. The van der Waals surface area contributed by atoms with Gasteiger partial charge in [-0.25, -0.2) is 4.99 Å². The number of hydrogen-bond acceptors (Lipinski definition) is 8. The number of likely N-dealkylation sites (N-methyl/N-ethyl adjacent to an activating group) is 1. The zero-order valence-electron chi connectivity index (χ0n) is 16.3. The Hall–Kier alpha value is -3.14. The van der Waals surface area contributed by atoms with Crippen molar-refractivity contribution in [1.29, 1.82) is 0 Å². The molecule has 1 saturated heterocycles. The number of aromatic hydroxyl groups is 2. The van der Waals surface area contributed by atoms with E-state index in [1.165, 1.54) is 6.07 Å². The molecule has 1 saturated carbocycles. The third-order valence-corrected chi connectivity index (χ3v) is 5.34. The predicted octanol–water partition coefficient (Wildman–Crippen LogP) is -0.384. The first kappa shape index (κ1) is 17.9. The molecule has 10 nitrogen and oxygen atoms in total. The van der Waals surface area contributed by atoms with Crippen molar-refractivity contribution in [1.82, 2.24) is 29.5 Å². The van der Waals surface area contributed by atoms with Gasteiger partial charge in [0, 0.05) is 36.5 Å². The van der Waals surface area contributed by atoms with Crippen molar-refractivity contribution >= 4 is 17.7 Å². The van der Waals surface area contributed by atoms with Gasteiger partial charge in [-0.05, 0) is 38.9 Å². The Balaban J connectivity index is 1.66. The molecular formula is C19H24N8O2. The van der Waals surface area contributed by atoms with E-state index in [1.807, 2.05) is 0 Å². The summed E-state index contributed by atoms with van der Waals surface area (Å²) in [4.78, 5) is 21.3. The molecule has 1 aliphatic carbocycles. The SMILES string of the molecule is CN1CCCN(c2nc(=NC3CC3)n3ncc(=Cc4cc(O)[nH]c4O)c3n2)CC1. The van der Waals surface area contributed by atoms with Crippen LogP contribution in [0.4, 0.5) is 5.95 Å². The third kappa shape index (κ3) is 3.63. The number of nitrogens with one attached hydrogen (secondary N) is 1. The van der Waals surface area contributed by atoms with E-state index in [1.54, 1.807) is 16.8 Å².